The van der Waals surface area contributed by atoms with E-state index < -0.39 is 5.82 Å². The zero-order chi connectivity index (χ0) is 16.1. The molecule has 7 heteroatoms. The highest BCUT2D eigenvalue weighted by Crippen LogP contribution is 2.19. The first kappa shape index (κ1) is 16.5. The maximum absolute atomic E-state index is 13.1. The summed E-state index contributed by atoms with van der Waals surface area (Å²) in [5, 5.41) is 0.288. The van der Waals surface area contributed by atoms with Crippen LogP contribution in [0.15, 0.2) is 30.7 Å². The first-order chi connectivity index (χ1) is 10.5. The van der Waals surface area contributed by atoms with Crippen LogP contribution in [0.25, 0.3) is 0 Å². The molecule has 1 aromatic heterocycles. The summed E-state index contributed by atoms with van der Waals surface area (Å²) < 4.78 is 19.9. The molecule has 0 saturated heterocycles. The van der Waals surface area contributed by atoms with Crippen LogP contribution < -0.4 is 0 Å². The second kappa shape index (κ2) is 7.38. The molecule has 0 atom stereocenters. The number of methoxy groups -OCH3 is 1. The molecule has 0 radical (unpaired) electrons. The highest BCUT2D eigenvalue weighted by Gasteiger charge is 2.19. The molecule has 2 rings (SSSR count). The molecule has 0 aliphatic heterocycles. The zero-order valence-electron chi connectivity index (χ0n) is 12.4. The van der Waals surface area contributed by atoms with Gasteiger partial charge >= 0.3 is 0 Å². The molecule has 0 aliphatic rings. The van der Waals surface area contributed by atoms with E-state index in [0.717, 1.165) is 0 Å². The summed E-state index contributed by atoms with van der Waals surface area (Å²) in [7, 11) is 3.36. The Balaban J connectivity index is 2.20. The Morgan fingerprint density at radius 2 is 2.27 bits per heavy atom. The quantitative estimate of drug-likeness (QED) is 0.820. The largest absolute Gasteiger partial charge is 0.383 e. The molecule has 1 heterocycles. The third kappa shape index (κ3) is 4.05. The van der Waals surface area contributed by atoms with E-state index >= 15 is 0 Å². The molecule has 0 N–H and O–H groups in total. The van der Waals surface area contributed by atoms with Gasteiger partial charge in [-0.3, -0.25) is 4.79 Å². The van der Waals surface area contributed by atoms with Gasteiger partial charge in [0.1, 0.15) is 11.5 Å². The molecule has 0 saturated carbocycles. The fourth-order valence-electron chi connectivity index (χ4n) is 1.99. The summed E-state index contributed by atoms with van der Waals surface area (Å²) >= 11 is 6.03. The van der Waals surface area contributed by atoms with Gasteiger partial charge < -0.3 is 14.2 Å². The van der Waals surface area contributed by atoms with Crippen LogP contribution in [-0.4, -0.2) is 40.6 Å². The van der Waals surface area contributed by atoms with Crippen molar-refractivity contribution in [1.29, 1.82) is 0 Å². The minimum atomic E-state index is -0.409. The van der Waals surface area contributed by atoms with Crippen molar-refractivity contribution in [2.75, 3.05) is 20.3 Å². The summed E-state index contributed by atoms with van der Waals surface area (Å²) in [6.07, 6.45) is 3.21. The highest BCUT2D eigenvalue weighted by molar-refractivity contribution is 6.31. The molecule has 5 nitrogen and oxygen atoms in total. The van der Waals surface area contributed by atoms with Crippen LogP contribution in [0.5, 0.6) is 0 Å². The monoisotopic (exact) mass is 325 g/mol. The first-order valence-corrected chi connectivity index (χ1v) is 7.09. The minimum absolute atomic E-state index is 0.224. The number of carbonyl (C=O) groups excluding carboxylic acids is 1. The number of rotatable bonds is 6. The summed E-state index contributed by atoms with van der Waals surface area (Å²) in [5.74, 6) is -0.633. The third-order valence-corrected chi connectivity index (χ3v) is 3.50. The lowest BCUT2D eigenvalue weighted by molar-refractivity contribution is 0.0675. The van der Waals surface area contributed by atoms with Gasteiger partial charge in [0.2, 0.25) is 0 Å². The van der Waals surface area contributed by atoms with Crippen molar-refractivity contribution in [3.63, 3.8) is 0 Å². The van der Waals surface area contributed by atoms with E-state index in [1.165, 1.54) is 12.1 Å². The topological polar surface area (TPSA) is 47.4 Å². The van der Waals surface area contributed by atoms with E-state index in [2.05, 4.69) is 4.98 Å². The standard InChI is InChI=1S/C15H17ClFN3O2/c1-19-9-14(18-10-19)15(21)20(5-6-22-2)8-11-3-4-12(17)7-13(11)16/h3-4,7,9-10H,5-6,8H2,1-2H3. The van der Waals surface area contributed by atoms with Gasteiger partial charge in [-0.05, 0) is 17.7 Å². The van der Waals surface area contributed by atoms with Gasteiger partial charge in [-0.2, -0.15) is 0 Å². The van der Waals surface area contributed by atoms with Crippen LogP contribution in [-0.2, 0) is 18.3 Å². The van der Waals surface area contributed by atoms with Gasteiger partial charge in [0.05, 0.1) is 12.9 Å². The van der Waals surface area contributed by atoms with Crippen molar-refractivity contribution in [2.45, 2.75) is 6.54 Å². The maximum Gasteiger partial charge on any atom is 0.274 e. The number of nitrogens with zero attached hydrogens (tertiary/aromatic N) is 3. The van der Waals surface area contributed by atoms with Crippen LogP contribution in [0.3, 0.4) is 0 Å². The Kier molecular flexibility index (Phi) is 5.51. The first-order valence-electron chi connectivity index (χ1n) is 6.71. The number of ether oxygens (including phenoxy) is 1. The zero-order valence-corrected chi connectivity index (χ0v) is 13.2. The second-order valence-corrected chi connectivity index (χ2v) is 5.29. The maximum atomic E-state index is 13.1. The lowest BCUT2D eigenvalue weighted by atomic mass is 10.2. The van der Waals surface area contributed by atoms with E-state index in [1.54, 1.807) is 42.2 Å². The van der Waals surface area contributed by atoms with E-state index in [-0.39, 0.29) is 17.5 Å². The molecule has 0 unspecified atom stereocenters. The molecule has 2 aromatic rings. The van der Waals surface area contributed by atoms with Crippen molar-refractivity contribution in [1.82, 2.24) is 14.5 Å². The molecule has 0 fully saturated rings. The SMILES string of the molecule is COCCN(Cc1ccc(F)cc1Cl)C(=O)c1cn(C)cn1. The number of aryl methyl sites for hydroxylation is 1. The molecule has 1 amide bonds. The predicted molar refractivity (Wildman–Crippen MR) is 81.2 cm³/mol. The Morgan fingerprint density at radius 1 is 1.50 bits per heavy atom. The van der Waals surface area contributed by atoms with Crippen LogP contribution in [0.4, 0.5) is 4.39 Å². The number of halogens is 2. The summed E-state index contributed by atoms with van der Waals surface area (Å²) in [5.41, 5.74) is 1.01. The summed E-state index contributed by atoms with van der Waals surface area (Å²) in [6, 6.07) is 4.13. The number of carbonyl (C=O) groups is 1. The average Bonchev–Trinajstić information content (AvgIpc) is 2.91. The third-order valence-electron chi connectivity index (χ3n) is 3.15. The molecular formula is C15H17ClFN3O2. The number of amides is 1. The second-order valence-electron chi connectivity index (χ2n) is 4.88. The molecule has 22 heavy (non-hydrogen) atoms. The lowest BCUT2D eigenvalue weighted by Gasteiger charge is -2.22. The van der Waals surface area contributed by atoms with Gasteiger partial charge in [-0.15, -0.1) is 0 Å². The fraction of sp³-hybridized carbons (Fsp3) is 0.333. The normalized spacial score (nSPS) is 10.7. The van der Waals surface area contributed by atoms with Gasteiger partial charge in [0.15, 0.2) is 0 Å². The fourth-order valence-corrected chi connectivity index (χ4v) is 2.22. The van der Waals surface area contributed by atoms with Crippen LogP contribution in [0.2, 0.25) is 5.02 Å². The number of hydrogen-bond acceptors (Lipinski definition) is 3. The van der Waals surface area contributed by atoms with E-state index in [4.69, 9.17) is 16.3 Å². The Hall–Kier alpha value is -1.92. The van der Waals surface area contributed by atoms with Crippen LogP contribution in [0.1, 0.15) is 16.1 Å². The molecule has 0 aliphatic carbocycles. The Bertz CT molecular complexity index is 660. The summed E-state index contributed by atoms with van der Waals surface area (Å²) in [6.45, 7) is 1.04. The van der Waals surface area contributed by atoms with E-state index in [9.17, 15) is 9.18 Å². The number of hydrogen-bond donors (Lipinski definition) is 0. The van der Waals surface area contributed by atoms with Crippen LogP contribution >= 0.6 is 11.6 Å². The lowest BCUT2D eigenvalue weighted by Crippen LogP contribution is -2.33. The molecule has 1 aromatic carbocycles. The van der Waals surface area contributed by atoms with Gasteiger partial charge in [0.25, 0.3) is 5.91 Å². The van der Waals surface area contributed by atoms with Crippen molar-refractivity contribution >= 4 is 17.5 Å². The van der Waals surface area contributed by atoms with Gasteiger partial charge in [-0.25, -0.2) is 9.37 Å². The van der Waals surface area contributed by atoms with Gasteiger partial charge in [0, 0.05) is 38.5 Å². The smallest absolute Gasteiger partial charge is 0.274 e. The predicted octanol–water partition coefficient (Wildman–Crippen LogP) is 2.50. The molecule has 0 bridgehead atoms. The summed E-state index contributed by atoms with van der Waals surface area (Å²) in [4.78, 5) is 18.2. The number of aromatic nitrogens is 2. The van der Waals surface area contributed by atoms with Crippen molar-refractivity contribution in [3.8, 4) is 0 Å². The highest BCUT2D eigenvalue weighted by atomic mass is 35.5. The van der Waals surface area contributed by atoms with Crippen LogP contribution in [0, 0.1) is 5.82 Å². The molecular weight excluding hydrogens is 309 g/mol. The van der Waals surface area contributed by atoms with E-state index in [0.29, 0.717) is 24.4 Å². The Labute approximate surface area is 133 Å². The van der Waals surface area contributed by atoms with Gasteiger partial charge in [-0.1, -0.05) is 17.7 Å². The number of benzene rings is 1. The van der Waals surface area contributed by atoms with E-state index in [1.807, 2.05) is 0 Å². The van der Waals surface area contributed by atoms with Crippen molar-refractivity contribution in [3.05, 3.63) is 52.8 Å². The van der Waals surface area contributed by atoms with Crippen molar-refractivity contribution in [2.24, 2.45) is 7.05 Å². The Morgan fingerprint density at radius 3 is 2.86 bits per heavy atom. The minimum Gasteiger partial charge on any atom is -0.383 e. The van der Waals surface area contributed by atoms with Crippen molar-refractivity contribution < 1.29 is 13.9 Å². The molecule has 0 spiro atoms. The number of imidazole rings is 1. The average molecular weight is 326 g/mol. The molecule has 118 valence electrons.